The molecule has 0 aliphatic rings. The quantitative estimate of drug-likeness (QED) is 0.788. The molecule has 17 heavy (non-hydrogen) atoms. The summed E-state index contributed by atoms with van der Waals surface area (Å²) in [7, 11) is 2.03. The number of rotatable bonds is 7. The summed E-state index contributed by atoms with van der Waals surface area (Å²) in [6, 6.07) is 4.22. The van der Waals surface area contributed by atoms with Crippen molar-refractivity contribution in [3.63, 3.8) is 0 Å². The molecule has 1 atom stereocenters. The molecule has 0 saturated heterocycles. The molecule has 0 spiro atoms. The van der Waals surface area contributed by atoms with Gasteiger partial charge < -0.3 is 15.4 Å². The molecule has 1 heterocycles. The molecule has 1 aromatic heterocycles. The van der Waals surface area contributed by atoms with E-state index in [4.69, 9.17) is 10.5 Å². The Morgan fingerprint density at radius 2 is 2.29 bits per heavy atom. The predicted molar refractivity (Wildman–Crippen MR) is 71.6 cm³/mol. The first-order valence-electron chi connectivity index (χ1n) is 6.21. The Kier molecular flexibility index (Phi) is 5.77. The van der Waals surface area contributed by atoms with Gasteiger partial charge in [-0.15, -0.1) is 0 Å². The molecule has 1 unspecified atom stereocenters. The van der Waals surface area contributed by atoms with E-state index in [1.807, 2.05) is 19.2 Å². The molecule has 0 amide bonds. The Labute approximate surface area is 104 Å². The fraction of sp³-hybridized carbons (Fsp3) is 0.615. The molecule has 1 rings (SSSR count). The van der Waals surface area contributed by atoms with Crippen molar-refractivity contribution in [1.29, 1.82) is 0 Å². The number of aromatic nitrogens is 1. The van der Waals surface area contributed by atoms with E-state index in [1.54, 1.807) is 6.20 Å². The van der Waals surface area contributed by atoms with E-state index < -0.39 is 0 Å². The molecule has 2 N–H and O–H groups in total. The smallest absolute Gasteiger partial charge is 0.171 e. The fourth-order valence-corrected chi connectivity index (χ4v) is 1.62. The van der Waals surface area contributed by atoms with Crippen LogP contribution in [0.4, 0.5) is 5.82 Å². The lowest BCUT2D eigenvalue weighted by Crippen LogP contribution is -2.31. The number of hydrogen-bond donors (Lipinski definition) is 1. The van der Waals surface area contributed by atoms with Crippen LogP contribution in [0.15, 0.2) is 18.3 Å². The highest BCUT2D eigenvalue weighted by Crippen LogP contribution is 2.26. The molecule has 0 aromatic carbocycles. The van der Waals surface area contributed by atoms with Crippen LogP contribution in [0, 0.1) is 0 Å². The van der Waals surface area contributed by atoms with E-state index in [0.717, 1.165) is 31.0 Å². The maximum absolute atomic E-state index is 5.70. The maximum Gasteiger partial charge on any atom is 0.171 e. The van der Waals surface area contributed by atoms with E-state index in [2.05, 4.69) is 23.7 Å². The topological polar surface area (TPSA) is 51.4 Å². The Hall–Kier alpha value is -1.29. The van der Waals surface area contributed by atoms with Gasteiger partial charge in [0.05, 0.1) is 6.61 Å². The standard InChI is InChI=1S/C13H23N3O/c1-4-10-17-12-6-5-9-15-13(12)16(3)11(2)7-8-14/h5-6,9,11H,4,7-8,10,14H2,1-3H3. The lowest BCUT2D eigenvalue weighted by molar-refractivity contribution is 0.316. The fourth-order valence-electron chi connectivity index (χ4n) is 1.62. The highest BCUT2D eigenvalue weighted by atomic mass is 16.5. The van der Waals surface area contributed by atoms with Crippen molar-refractivity contribution in [3.05, 3.63) is 18.3 Å². The van der Waals surface area contributed by atoms with Gasteiger partial charge in [-0.1, -0.05) is 6.92 Å². The van der Waals surface area contributed by atoms with Crippen molar-refractivity contribution in [2.75, 3.05) is 25.1 Å². The van der Waals surface area contributed by atoms with Gasteiger partial charge in [0.1, 0.15) is 0 Å². The summed E-state index contributed by atoms with van der Waals surface area (Å²) < 4.78 is 5.70. The molecule has 0 saturated carbocycles. The first-order chi connectivity index (χ1) is 8.20. The summed E-state index contributed by atoms with van der Waals surface area (Å²) in [5.41, 5.74) is 5.59. The zero-order valence-electron chi connectivity index (χ0n) is 11.0. The molecule has 0 aliphatic carbocycles. The summed E-state index contributed by atoms with van der Waals surface area (Å²) in [6.07, 6.45) is 3.73. The Morgan fingerprint density at radius 1 is 1.53 bits per heavy atom. The van der Waals surface area contributed by atoms with Gasteiger partial charge in [0.15, 0.2) is 11.6 Å². The minimum atomic E-state index is 0.360. The summed E-state index contributed by atoms with van der Waals surface area (Å²) in [5.74, 6) is 1.74. The first-order valence-corrected chi connectivity index (χ1v) is 6.21. The van der Waals surface area contributed by atoms with Gasteiger partial charge in [-0.25, -0.2) is 4.98 Å². The van der Waals surface area contributed by atoms with Crippen LogP contribution in [-0.2, 0) is 0 Å². The largest absolute Gasteiger partial charge is 0.490 e. The normalized spacial score (nSPS) is 12.2. The van der Waals surface area contributed by atoms with Crippen LogP contribution in [0.3, 0.4) is 0 Å². The number of ether oxygens (including phenoxy) is 1. The number of pyridine rings is 1. The Bertz CT molecular complexity index is 330. The van der Waals surface area contributed by atoms with Crippen LogP contribution < -0.4 is 15.4 Å². The molecule has 0 bridgehead atoms. The van der Waals surface area contributed by atoms with Crippen LogP contribution in [0.2, 0.25) is 0 Å². The number of nitrogens with zero attached hydrogens (tertiary/aromatic N) is 2. The monoisotopic (exact) mass is 237 g/mol. The first kappa shape index (κ1) is 13.8. The number of hydrogen-bond acceptors (Lipinski definition) is 4. The van der Waals surface area contributed by atoms with Crippen LogP contribution in [0.25, 0.3) is 0 Å². The molecule has 0 fully saturated rings. The molecule has 0 aliphatic heterocycles. The van der Waals surface area contributed by atoms with Crippen molar-refractivity contribution in [1.82, 2.24) is 4.98 Å². The third kappa shape index (κ3) is 3.89. The molecular weight excluding hydrogens is 214 g/mol. The van der Waals surface area contributed by atoms with Crippen molar-refractivity contribution in [2.45, 2.75) is 32.7 Å². The van der Waals surface area contributed by atoms with Gasteiger partial charge >= 0.3 is 0 Å². The second-order valence-electron chi connectivity index (χ2n) is 4.21. The van der Waals surface area contributed by atoms with Gasteiger partial charge in [0, 0.05) is 19.3 Å². The molecule has 1 aromatic rings. The van der Waals surface area contributed by atoms with Crippen molar-refractivity contribution >= 4 is 5.82 Å². The number of anilines is 1. The molecular formula is C13H23N3O. The van der Waals surface area contributed by atoms with Gasteiger partial charge in [-0.3, -0.25) is 0 Å². The van der Waals surface area contributed by atoms with Crippen molar-refractivity contribution in [2.24, 2.45) is 5.73 Å². The minimum Gasteiger partial charge on any atom is -0.490 e. The average Bonchev–Trinajstić information content (AvgIpc) is 2.36. The lowest BCUT2D eigenvalue weighted by Gasteiger charge is -2.27. The van der Waals surface area contributed by atoms with E-state index in [-0.39, 0.29) is 0 Å². The molecule has 4 heteroatoms. The van der Waals surface area contributed by atoms with E-state index >= 15 is 0 Å². The molecule has 0 radical (unpaired) electrons. The maximum atomic E-state index is 5.70. The van der Waals surface area contributed by atoms with Crippen LogP contribution >= 0.6 is 0 Å². The van der Waals surface area contributed by atoms with Crippen LogP contribution in [0.1, 0.15) is 26.7 Å². The van der Waals surface area contributed by atoms with Crippen LogP contribution in [-0.4, -0.2) is 31.2 Å². The summed E-state index contributed by atoms with van der Waals surface area (Å²) >= 11 is 0. The minimum absolute atomic E-state index is 0.360. The second-order valence-corrected chi connectivity index (χ2v) is 4.21. The van der Waals surface area contributed by atoms with Crippen molar-refractivity contribution < 1.29 is 4.74 Å². The Balaban J connectivity index is 2.80. The van der Waals surface area contributed by atoms with Crippen molar-refractivity contribution in [3.8, 4) is 5.75 Å². The van der Waals surface area contributed by atoms with E-state index in [1.165, 1.54) is 0 Å². The zero-order chi connectivity index (χ0) is 12.7. The van der Waals surface area contributed by atoms with E-state index in [0.29, 0.717) is 12.6 Å². The average molecular weight is 237 g/mol. The zero-order valence-corrected chi connectivity index (χ0v) is 11.0. The van der Waals surface area contributed by atoms with Gasteiger partial charge in [0.2, 0.25) is 0 Å². The van der Waals surface area contributed by atoms with Gasteiger partial charge in [0.25, 0.3) is 0 Å². The summed E-state index contributed by atoms with van der Waals surface area (Å²) in [5, 5.41) is 0. The Morgan fingerprint density at radius 3 is 2.94 bits per heavy atom. The summed E-state index contributed by atoms with van der Waals surface area (Å²) in [6.45, 7) is 5.64. The van der Waals surface area contributed by atoms with Gasteiger partial charge in [-0.05, 0) is 38.4 Å². The molecule has 4 nitrogen and oxygen atoms in total. The lowest BCUT2D eigenvalue weighted by atomic mass is 10.2. The third-order valence-corrected chi connectivity index (χ3v) is 2.79. The molecule has 96 valence electrons. The van der Waals surface area contributed by atoms with E-state index in [9.17, 15) is 0 Å². The van der Waals surface area contributed by atoms with Gasteiger partial charge in [-0.2, -0.15) is 0 Å². The number of nitrogens with two attached hydrogens (primary N) is 1. The summed E-state index contributed by atoms with van der Waals surface area (Å²) in [4.78, 5) is 6.52. The third-order valence-electron chi connectivity index (χ3n) is 2.79. The van der Waals surface area contributed by atoms with Crippen LogP contribution in [0.5, 0.6) is 5.75 Å². The highest BCUT2D eigenvalue weighted by molar-refractivity contribution is 5.52. The second kappa shape index (κ2) is 7.12. The highest BCUT2D eigenvalue weighted by Gasteiger charge is 2.14. The SMILES string of the molecule is CCCOc1cccnc1N(C)C(C)CCN. The predicted octanol–water partition coefficient (Wildman–Crippen LogP) is 2.04.